The van der Waals surface area contributed by atoms with Gasteiger partial charge in [-0.3, -0.25) is 4.79 Å². The van der Waals surface area contributed by atoms with E-state index in [0.717, 1.165) is 24.9 Å². The van der Waals surface area contributed by atoms with Gasteiger partial charge in [-0.05, 0) is 37.8 Å². The predicted molar refractivity (Wildman–Crippen MR) is 117 cm³/mol. The standard InChI is InChI=1S/C24H28N4O/c1-3-28(18-21-13-8-5-9-14-21)24(29)22-17-23(27-19(2)26-22)25-16-10-15-20-11-6-4-7-12-20/h4-9,11-14,17H,3,10,15-16,18H2,1-2H3,(H,25,26,27). The van der Waals surface area contributed by atoms with E-state index in [-0.39, 0.29) is 5.91 Å². The predicted octanol–water partition coefficient (Wildman–Crippen LogP) is 4.49. The Bertz CT molecular complexity index is 913. The van der Waals surface area contributed by atoms with Gasteiger partial charge in [0.2, 0.25) is 0 Å². The van der Waals surface area contributed by atoms with Crippen molar-refractivity contribution in [2.24, 2.45) is 0 Å². The number of nitrogens with one attached hydrogen (secondary N) is 1. The van der Waals surface area contributed by atoms with Crippen LogP contribution in [0, 0.1) is 6.92 Å². The molecular formula is C24H28N4O. The minimum absolute atomic E-state index is 0.0748. The Morgan fingerprint density at radius 2 is 1.62 bits per heavy atom. The van der Waals surface area contributed by atoms with Crippen LogP contribution in [0.25, 0.3) is 0 Å². The van der Waals surface area contributed by atoms with E-state index in [1.807, 2.05) is 50.2 Å². The third kappa shape index (κ3) is 6.14. The molecule has 3 aromatic rings. The Labute approximate surface area is 172 Å². The van der Waals surface area contributed by atoms with Crippen LogP contribution in [0.4, 0.5) is 5.82 Å². The number of carbonyl (C=O) groups is 1. The van der Waals surface area contributed by atoms with E-state index in [9.17, 15) is 4.79 Å². The van der Waals surface area contributed by atoms with Crippen LogP contribution in [-0.2, 0) is 13.0 Å². The second kappa shape index (κ2) is 10.4. The molecule has 0 fully saturated rings. The van der Waals surface area contributed by atoms with Crippen molar-refractivity contribution in [3.05, 3.63) is 89.4 Å². The highest BCUT2D eigenvalue weighted by Crippen LogP contribution is 2.13. The molecule has 3 rings (SSSR count). The van der Waals surface area contributed by atoms with E-state index < -0.39 is 0 Å². The van der Waals surface area contributed by atoms with Crippen molar-refractivity contribution in [1.29, 1.82) is 0 Å². The van der Waals surface area contributed by atoms with Gasteiger partial charge in [-0.25, -0.2) is 9.97 Å². The summed E-state index contributed by atoms with van der Waals surface area (Å²) in [7, 11) is 0. The fourth-order valence-corrected chi connectivity index (χ4v) is 3.21. The lowest BCUT2D eigenvalue weighted by Crippen LogP contribution is -2.31. The monoisotopic (exact) mass is 388 g/mol. The van der Waals surface area contributed by atoms with Crippen LogP contribution in [-0.4, -0.2) is 33.9 Å². The van der Waals surface area contributed by atoms with Crippen LogP contribution in [0.15, 0.2) is 66.7 Å². The Balaban J connectivity index is 1.61. The molecule has 0 unspecified atom stereocenters. The summed E-state index contributed by atoms with van der Waals surface area (Å²) >= 11 is 0. The van der Waals surface area contributed by atoms with E-state index in [4.69, 9.17) is 0 Å². The molecule has 1 N–H and O–H groups in total. The van der Waals surface area contributed by atoms with Crippen molar-refractivity contribution in [3.8, 4) is 0 Å². The Morgan fingerprint density at radius 3 is 2.28 bits per heavy atom. The van der Waals surface area contributed by atoms with E-state index >= 15 is 0 Å². The van der Waals surface area contributed by atoms with Crippen molar-refractivity contribution >= 4 is 11.7 Å². The SMILES string of the molecule is CCN(Cc1ccccc1)C(=O)c1cc(NCCCc2ccccc2)nc(C)n1. The summed E-state index contributed by atoms with van der Waals surface area (Å²) in [5.41, 5.74) is 2.86. The molecule has 150 valence electrons. The number of carbonyl (C=O) groups excluding carboxylic acids is 1. The van der Waals surface area contributed by atoms with Crippen LogP contribution < -0.4 is 5.32 Å². The molecule has 29 heavy (non-hydrogen) atoms. The minimum atomic E-state index is -0.0748. The summed E-state index contributed by atoms with van der Waals surface area (Å²) in [5.74, 6) is 1.22. The number of rotatable bonds is 9. The number of nitrogens with zero attached hydrogens (tertiary/aromatic N) is 3. The number of hydrogen-bond acceptors (Lipinski definition) is 4. The highest BCUT2D eigenvalue weighted by molar-refractivity contribution is 5.93. The number of benzene rings is 2. The van der Waals surface area contributed by atoms with Gasteiger partial charge in [-0.1, -0.05) is 60.7 Å². The van der Waals surface area contributed by atoms with Gasteiger partial charge in [0.05, 0.1) is 0 Å². The van der Waals surface area contributed by atoms with Crippen LogP contribution in [0.2, 0.25) is 0 Å². The molecule has 0 saturated heterocycles. The van der Waals surface area contributed by atoms with Gasteiger partial charge in [-0.2, -0.15) is 0 Å². The summed E-state index contributed by atoms with van der Waals surface area (Å²) in [6.45, 7) is 5.78. The van der Waals surface area contributed by atoms with Crippen molar-refractivity contribution in [1.82, 2.24) is 14.9 Å². The smallest absolute Gasteiger partial charge is 0.272 e. The van der Waals surface area contributed by atoms with Gasteiger partial charge in [0.15, 0.2) is 0 Å². The van der Waals surface area contributed by atoms with E-state index in [1.165, 1.54) is 5.56 Å². The molecule has 1 amide bonds. The van der Waals surface area contributed by atoms with Crippen LogP contribution >= 0.6 is 0 Å². The van der Waals surface area contributed by atoms with E-state index in [1.54, 1.807) is 11.0 Å². The maximum atomic E-state index is 13.0. The molecular weight excluding hydrogens is 360 g/mol. The first-order chi connectivity index (χ1) is 14.2. The zero-order valence-corrected chi connectivity index (χ0v) is 17.1. The van der Waals surface area contributed by atoms with Crippen LogP contribution in [0.1, 0.15) is 40.8 Å². The molecule has 0 spiro atoms. The summed E-state index contributed by atoms with van der Waals surface area (Å²) in [6, 6.07) is 22.2. The molecule has 0 aliphatic heterocycles. The Hall–Kier alpha value is -3.21. The molecule has 0 atom stereocenters. The summed E-state index contributed by atoms with van der Waals surface area (Å²) in [5, 5.41) is 3.34. The first kappa shape index (κ1) is 20.5. The molecule has 0 aliphatic carbocycles. The fraction of sp³-hybridized carbons (Fsp3) is 0.292. The fourth-order valence-electron chi connectivity index (χ4n) is 3.21. The lowest BCUT2D eigenvalue weighted by Gasteiger charge is -2.21. The lowest BCUT2D eigenvalue weighted by molar-refractivity contribution is 0.0746. The van der Waals surface area contributed by atoms with E-state index in [0.29, 0.717) is 30.4 Å². The van der Waals surface area contributed by atoms with Crippen molar-refractivity contribution in [2.75, 3.05) is 18.4 Å². The van der Waals surface area contributed by atoms with Crippen LogP contribution in [0.5, 0.6) is 0 Å². The molecule has 1 aromatic heterocycles. The van der Waals surface area contributed by atoms with Gasteiger partial charge >= 0.3 is 0 Å². The van der Waals surface area contributed by atoms with Crippen LogP contribution in [0.3, 0.4) is 0 Å². The van der Waals surface area contributed by atoms with Crippen molar-refractivity contribution in [3.63, 3.8) is 0 Å². The number of aromatic nitrogens is 2. The van der Waals surface area contributed by atoms with Crippen molar-refractivity contribution in [2.45, 2.75) is 33.2 Å². The molecule has 1 heterocycles. The average Bonchev–Trinajstić information content (AvgIpc) is 2.75. The number of aryl methyl sites for hydroxylation is 2. The van der Waals surface area contributed by atoms with Gasteiger partial charge < -0.3 is 10.2 Å². The second-order valence-corrected chi connectivity index (χ2v) is 7.01. The third-order valence-corrected chi connectivity index (χ3v) is 4.73. The Morgan fingerprint density at radius 1 is 0.966 bits per heavy atom. The highest BCUT2D eigenvalue weighted by atomic mass is 16.2. The van der Waals surface area contributed by atoms with Crippen molar-refractivity contribution < 1.29 is 4.79 Å². The summed E-state index contributed by atoms with van der Waals surface area (Å²) in [6.07, 6.45) is 2.00. The molecule has 2 aromatic carbocycles. The summed E-state index contributed by atoms with van der Waals surface area (Å²) < 4.78 is 0. The quantitative estimate of drug-likeness (QED) is 0.549. The summed E-state index contributed by atoms with van der Waals surface area (Å²) in [4.78, 5) is 23.6. The maximum Gasteiger partial charge on any atom is 0.272 e. The average molecular weight is 389 g/mol. The number of anilines is 1. The Kier molecular flexibility index (Phi) is 7.34. The maximum absolute atomic E-state index is 13.0. The minimum Gasteiger partial charge on any atom is -0.370 e. The first-order valence-electron chi connectivity index (χ1n) is 10.1. The molecule has 0 saturated carbocycles. The lowest BCUT2D eigenvalue weighted by atomic mass is 10.1. The zero-order valence-electron chi connectivity index (χ0n) is 17.1. The number of hydrogen-bond donors (Lipinski definition) is 1. The molecule has 0 radical (unpaired) electrons. The van der Waals surface area contributed by atoms with Gasteiger partial charge in [0.1, 0.15) is 17.3 Å². The highest BCUT2D eigenvalue weighted by Gasteiger charge is 2.17. The van der Waals surface area contributed by atoms with E-state index in [2.05, 4.69) is 39.6 Å². The molecule has 5 nitrogen and oxygen atoms in total. The largest absolute Gasteiger partial charge is 0.370 e. The second-order valence-electron chi connectivity index (χ2n) is 7.01. The molecule has 5 heteroatoms. The molecule has 0 bridgehead atoms. The normalized spacial score (nSPS) is 10.6. The number of amides is 1. The third-order valence-electron chi connectivity index (χ3n) is 4.73. The van der Waals surface area contributed by atoms with Gasteiger partial charge in [0.25, 0.3) is 5.91 Å². The van der Waals surface area contributed by atoms with Gasteiger partial charge in [0, 0.05) is 25.7 Å². The molecule has 0 aliphatic rings. The van der Waals surface area contributed by atoms with Gasteiger partial charge in [-0.15, -0.1) is 0 Å². The first-order valence-corrected chi connectivity index (χ1v) is 10.1. The zero-order chi connectivity index (χ0) is 20.5. The topological polar surface area (TPSA) is 58.1 Å².